The Hall–Kier alpha value is -2.39. The number of nitrogens with zero attached hydrogens (tertiary/aromatic N) is 2. The van der Waals surface area contributed by atoms with Crippen LogP contribution in [0.5, 0.6) is 0 Å². The van der Waals surface area contributed by atoms with Crippen LogP contribution in [0.1, 0.15) is 11.1 Å². The first-order valence-corrected chi connectivity index (χ1v) is 6.95. The van der Waals surface area contributed by atoms with Gasteiger partial charge in [-0.1, -0.05) is 48.5 Å². The largest absolute Gasteiger partial charge is 0.340 e. The molecule has 0 aliphatic rings. The number of hydrogen-bond donors (Lipinski definition) is 1. The Labute approximate surface area is 136 Å². The van der Waals surface area contributed by atoms with E-state index >= 15 is 0 Å². The summed E-state index contributed by atoms with van der Waals surface area (Å²) in [4.78, 5) is 8.67. The number of hydrogen-bond acceptors (Lipinski definition) is 3. The van der Waals surface area contributed by atoms with Gasteiger partial charge < -0.3 is 5.32 Å². The van der Waals surface area contributed by atoms with Gasteiger partial charge in [0.25, 0.3) is 0 Å². The third-order valence-corrected chi connectivity index (χ3v) is 3.47. The van der Waals surface area contributed by atoms with Crippen molar-refractivity contribution in [3.8, 4) is 11.3 Å². The van der Waals surface area contributed by atoms with Crippen LogP contribution >= 0.6 is 12.4 Å². The zero-order valence-electron chi connectivity index (χ0n) is 12.6. The summed E-state index contributed by atoms with van der Waals surface area (Å²) in [5.41, 5.74) is 5.52. The first-order chi connectivity index (χ1) is 10.2. The van der Waals surface area contributed by atoms with Crippen LogP contribution in [0, 0.1) is 13.8 Å². The molecule has 0 bridgehead atoms. The Balaban J connectivity index is 0.00000176. The van der Waals surface area contributed by atoms with Gasteiger partial charge in [0.1, 0.15) is 12.1 Å². The van der Waals surface area contributed by atoms with E-state index < -0.39 is 0 Å². The molecule has 0 radical (unpaired) electrons. The maximum atomic E-state index is 4.35. The Kier molecular flexibility index (Phi) is 5.12. The average Bonchev–Trinajstić information content (AvgIpc) is 2.52. The second-order valence-corrected chi connectivity index (χ2v) is 5.05. The summed E-state index contributed by atoms with van der Waals surface area (Å²) in [6.45, 7) is 4.18. The number of benzene rings is 2. The normalized spacial score (nSPS) is 9.91. The SMILES string of the molecule is Cc1cccc(C)c1Nc1cc(-c2ccccc2)ncn1.Cl. The molecule has 112 valence electrons. The van der Waals surface area contributed by atoms with Crippen molar-refractivity contribution in [2.75, 3.05) is 5.32 Å². The average molecular weight is 312 g/mol. The van der Waals surface area contributed by atoms with E-state index in [0.29, 0.717) is 0 Å². The van der Waals surface area contributed by atoms with Gasteiger partial charge in [0.05, 0.1) is 5.69 Å². The fraction of sp³-hybridized carbons (Fsp3) is 0.111. The van der Waals surface area contributed by atoms with Gasteiger partial charge in [-0.05, 0) is 25.0 Å². The molecule has 2 aromatic carbocycles. The van der Waals surface area contributed by atoms with E-state index in [1.807, 2.05) is 36.4 Å². The van der Waals surface area contributed by atoms with E-state index in [0.717, 1.165) is 22.8 Å². The summed E-state index contributed by atoms with van der Waals surface area (Å²) in [5, 5.41) is 3.40. The Morgan fingerprint density at radius 2 is 1.50 bits per heavy atom. The van der Waals surface area contributed by atoms with E-state index in [9.17, 15) is 0 Å². The highest BCUT2D eigenvalue weighted by Crippen LogP contribution is 2.25. The minimum absolute atomic E-state index is 0. The van der Waals surface area contributed by atoms with Gasteiger partial charge in [-0.3, -0.25) is 0 Å². The van der Waals surface area contributed by atoms with Crippen LogP contribution in [-0.2, 0) is 0 Å². The summed E-state index contributed by atoms with van der Waals surface area (Å²) in [6, 6.07) is 18.3. The number of anilines is 2. The van der Waals surface area contributed by atoms with Crippen molar-refractivity contribution in [2.45, 2.75) is 13.8 Å². The van der Waals surface area contributed by atoms with Crippen molar-refractivity contribution in [3.63, 3.8) is 0 Å². The first-order valence-electron chi connectivity index (χ1n) is 6.95. The lowest BCUT2D eigenvalue weighted by atomic mass is 10.1. The number of halogens is 1. The third kappa shape index (κ3) is 3.43. The third-order valence-electron chi connectivity index (χ3n) is 3.47. The second-order valence-electron chi connectivity index (χ2n) is 5.05. The monoisotopic (exact) mass is 311 g/mol. The van der Waals surface area contributed by atoms with Crippen LogP contribution in [-0.4, -0.2) is 9.97 Å². The number of aromatic nitrogens is 2. The summed E-state index contributed by atoms with van der Waals surface area (Å²) in [7, 11) is 0. The molecule has 0 saturated carbocycles. The fourth-order valence-corrected chi connectivity index (χ4v) is 2.33. The van der Waals surface area contributed by atoms with E-state index in [1.54, 1.807) is 6.33 Å². The predicted octanol–water partition coefficient (Wildman–Crippen LogP) is 4.93. The Morgan fingerprint density at radius 1 is 0.818 bits per heavy atom. The fourth-order valence-electron chi connectivity index (χ4n) is 2.33. The molecule has 0 amide bonds. The molecule has 0 unspecified atom stereocenters. The van der Waals surface area contributed by atoms with Crippen molar-refractivity contribution in [1.29, 1.82) is 0 Å². The molecule has 4 heteroatoms. The summed E-state index contributed by atoms with van der Waals surface area (Å²) in [6.07, 6.45) is 1.60. The van der Waals surface area contributed by atoms with Gasteiger partial charge in [-0.15, -0.1) is 12.4 Å². The molecule has 22 heavy (non-hydrogen) atoms. The van der Waals surface area contributed by atoms with Crippen LogP contribution in [0.4, 0.5) is 11.5 Å². The molecule has 0 spiro atoms. The van der Waals surface area contributed by atoms with Crippen LogP contribution in [0.25, 0.3) is 11.3 Å². The van der Waals surface area contributed by atoms with E-state index in [4.69, 9.17) is 0 Å². The standard InChI is InChI=1S/C18H17N3.ClH/c1-13-7-6-8-14(2)18(13)21-17-11-16(19-12-20-17)15-9-4-3-5-10-15;/h3-12H,1-2H3,(H,19,20,21);1H. The van der Waals surface area contributed by atoms with E-state index in [-0.39, 0.29) is 12.4 Å². The highest BCUT2D eigenvalue weighted by molar-refractivity contribution is 5.85. The summed E-state index contributed by atoms with van der Waals surface area (Å²) >= 11 is 0. The van der Waals surface area contributed by atoms with Gasteiger partial charge in [0, 0.05) is 17.3 Å². The van der Waals surface area contributed by atoms with Crippen molar-refractivity contribution >= 4 is 23.9 Å². The maximum absolute atomic E-state index is 4.35. The molecule has 3 nitrogen and oxygen atoms in total. The molecule has 3 rings (SSSR count). The molecule has 0 fully saturated rings. The predicted molar refractivity (Wildman–Crippen MR) is 93.9 cm³/mol. The lowest BCUT2D eigenvalue weighted by molar-refractivity contribution is 1.17. The van der Waals surface area contributed by atoms with Crippen LogP contribution < -0.4 is 5.32 Å². The van der Waals surface area contributed by atoms with Crippen molar-refractivity contribution in [1.82, 2.24) is 9.97 Å². The number of rotatable bonds is 3. The van der Waals surface area contributed by atoms with Crippen molar-refractivity contribution in [2.24, 2.45) is 0 Å². The van der Waals surface area contributed by atoms with Gasteiger partial charge in [-0.25, -0.2) is 9.97 Å². The van der Waals surface area contributed by atoms with Gasteiger partial charge in [0.15, 0.2) is 0 Å². The number of nitrogens with one attached hydrogen (secondary N) is 1. The number of aryl methyl sites for hydroxylation is 2. The maximum Gasteiger partial charge on any atom is 0.134 e. The summed E-state index contributed by atoms with van der Waals surface area (Å²) < 4.78 is 0. The van der Waals surface area contributed by atoms with Gasteiger partial charge in [-0.2, -0.15) is 0 Å². The Bertz CT molecular complexity index is 737. The molecule has 0 aliphatic heterocycles. The van der Waals surface area contributed by atoms with Crippen LogP contribution in [0.2, 0.25) is 0 Å². The zero-order valence-corrected chi connectivity index (χ0v) is 13.4. The van der Waals surface area contributed by atoms with Crippen LogP contribution in [0.3, 0.4) is 0 Å². The quantitative estimate of drug-likeness (QED) is 0.745. The highest BCUT2D eigenvalue weighted by Gasteiger charge is 2.05. The number of para-hydroxylation sites is 1. The lowest BCUT2D eigenvalue weighted by Gasteiger charge is -2.12. The van der Waals surface area contributed by atoms with Gasteiger partial charge in [0.2, 0.25) is 0 Å². The first kappa shape index (κ1) is 16.0. The Morgan fingerprint density at radius 3 is 2.18 bits per heavy atom. The molecule has 0 saturated heterocycles. The topological polar surface area (TPSA) is 37.8 Å². The molecule has 3 aromatic rings. The molecule has 1 aromatic heterocycles. The molecular formula is C18H18ClN3. The molecular weight excluding hydrogens is 294 g/mol. The molecule has 0 aliphatic carbocycles. The van der Waals surface area contributed by atoms with E-state index in [2.05, 4.69) is 47.3 Å². The molecule has 1 heterocycles. The molecule has 0 atom stereocenters. The minimum atomic E-state index is 0. The molecule has 1 N–H and O–H groups in total. The minimum Gasteiger partial charge on any atom is -0.340 e. The highest BCUT2D eigenvalue weighted by atomic mass is 35.5. The zero-order chi connectivity index (χ0) is 14.7. The van der Waals surface area contributed by atoms with Crippen molar-refractivity contribution < 1.29 is 0 Å². The lowest BCUT2D eigenvalue weighted by Crippen LogP contribution is -1.99. The summed E-state index contributed by atoms with van der Waals surface area (Å²) in [5.74, 6) is 0.807. The van der Waals surface area contributed by atoms with Gasteiger partial charge >= 0.3 is 0 Å². The van der Waals surface area contributed by atoms with Crippen molar-refractivity contribution in [3.05, 3.63) is 72.1 Å². The van der Waals surface area contributed by atoms with E-state index in [1.165, 1.54) is 11.1 Å². The smallest absolute Gasteiger partial charge is 0.134 e. The second kappa shape index (κ2) is 7.05. The van der Waals surface area contributed by atoms with Crippen LogP contribution in [0.15, 0.2) is 60.9 Å².